The van der Waals surface area contributed by atoms with Crippen molar-refractivity contribution in [3.63, 3.8) is 0 Å². The zero-order valence-corrected chi connectivity index (χ0v) is 16.6. The molecule has 2 aromatic carbocycles. The molecule has 0 radical (unpaired) electrons. The van der Waals surface area contributed by atoms with Crippen molar-refractivity contribution in [1.29, 1.82) is 0 Å². The maximum Gasteiger partial charge on any atom is 0.123 e. The summed E-state index contributed by atoms with van der Waals surface area (Å²) in [6, 6.07) is 12.9. The summed E-state index contributed by atoms with van der Waals surface area (Å²) in [5.41, 5.74) is 2.24. The van der Waals surface area contributed by atoms with Gasteiger partial charge in [-0.3, -0.25) is 9.80 Å². The van der Waals surface area contributed by atoms with Crippen molar-refractivity contribution >= 4 is 0 Å². The zero-order valence-electron chi connectivity index (χ0n) is 16.6. The maximum atomic E-state index is 13.2. The molecule has 1 fully saturated rings. The molecule has 0 amide bonds. The van der Waals surface area contributed by atoms with Crippen LogP contribution in [0.4, 0.5) is 4.39 Å². The summed E-state index contributed by atoms with van der Waals surface area (Å²) in [6.45, 7) is 4.45. The van der Waals surface area contributed by atoms with Gasteiger partial charge in [0.25, 0.3) is 0 Å². The number of nitrogens with zero attached hydrogens (tertiary/aromatic N) is 2. The van der Waals surface area contributed by atoms with Gasteiger partial charge >= 0.3 is 0 Å². The van der Waals surface area contributed by atoms with Crippen molar-refractivity contribution < 1.29 is 19.0 Å². The molecule has 1 aliphatic rings. The predicted molar refractivity (Wildman–Crippen MR) is 107 cm³/mol. The van der Waals surface area contributed by atoms with Gasteiger partial charge in [0.15, 0.2) is 0 Å². The number of ether oxygens (including phenoxy) is 2. The van der Waals surface area contributed by atoms with Crippen LogP contribution in [0.25, 0.3) is 0 Å². The zero-order chi connectivity index (χ0) is 19.9. The Morgan fingerprint density at radius 3 is 2.25 bits per heavy atom. The van der Waals surface area contributed by atoms with E-state index in [2.05, 4.69) is 9.80 Å². The minimum atomic E-state index is -0.214. The molecule has 1 N–H and O–H groups in total. The number of aliphatic hydroxyl groups is 1. The van der Waals surface area contributed by atoms with Crippen LogP contribution < -0.4 is 9.47 Å². The lowest BCUT2D eigenvalue weighted by atomic mass is 10.1. The molecule has 1 atom stereocenters. The first-order chi connectivity index (χ1) is 13.6. The van der Waals surface area contributed by atoms with Gasteiger partial charge in [0.1, 0.15) is 17.3 Å². The number of aliphatic hydroxyl groups excluding tert-OH is 1. The van der Waals surface area contributed by atoms with Crippen molar-refractivity contribution in [2.45, 2.75) is 25.6 Å². The third-order valence-corrected chi connectivity index (χ3v) is 5.27. The number of hydrogen-bond acceptors (Lipinski definition) is 5. The summed E-state index contributed by atoms with van der Waals surface area (Å²) in [7, 11) is 3.31. The quantitative estimate of drug-likeness (QED) is 0.753. The standard InChI is InChI=1S/C22H29FN2O3/c1-27-21-11-18(12-22(13-21)28-2)14-24-8-9-25(20(16-24)7-10-26)15-17-3-5-19(23)6-4-17/h3-6,11-13,20,26H,7-10,14-16H2,1-2H3/t20-/m0/s1. The molecule has 1 heterocycles. The number of rotatable bonds is 8. The van der Waals surface area contributed by atoms with Gasteiger partial charge in [0.05, 0.1) is 14.2 Å². The molecular weight excluding hydrogens is 359 g/mol. The molecule has 28 heavy (non-hydrogen) atoms. The van der Waals surface area contributed by atoms with Crippen LogP contribution in [0.2, 0.25) is 0 Å². The van der Waals surface area contributed by atoms with Gasteiger partial charge in [0.2, 0.25) is 0 Å². The van der Waals surface area contributed by atoms with Gasteiger partial charge in [-0.1, -0.05) is 12.1 Å². The molecule has 1 saturated heterocycles. The Bertz CT molecular complexity index is 732. The summed E-state index contributed by atoms with van der Waals surface area (Å²) in [5, 5.41) is 9.52. The number of piperazine rings is 1. The maximum absolute atomic E-state index is 13.2. The Hall–Kier alpha value is -2.15. The Balaban J connectivity index is 1.65. The van der Waals surface area contributed by atoms with E-state index in [1.54, 1.807) is 14.2 Å². The lowest BCUT2D eigenvalue weighted by Gasteiger charge is -2.41. The van der Waals surface area contributed by atoms with E-state index in [0.29, 0.717) is 0 Å². The SMILES string of the molecule is COc1cc(CN2CCN(Cc3ccc(F)cc3)[C@@H](CCO)C2)cc(OC)c1. The van der Waals surface area contributed by atoms with Crippen molar-refractivity contribution in [3.8, 4) is 11.5 Å². The molecule has 0 bridgehead atoms. The van der Waals surface area contributed by atoms with Crippen molar-refractivity contribution in [2.75, 3.05) is 40.5 Å². The van der Waals surface area contributed by atoms with Crippen LogP contribution in [0.3, 0.4) is 0 Å². The molecule has 6 heteroatoms. The molecule has 3 rings (SSSR count). The second-order valence-corrected chi connectivity index (χ2v) is 7.22. The Morgan fingerprint density at radius 1 is 0.964 bits per heavy atom. The van der Waals surface area contributed by atoms with Gasteiger partial charge < -0.3 is 14.6 Å². The smallest absolute Gasteiger partial charge is 0.123 e. The van der Waals surface area contributed by atoms with Crippen LogP contribution in [-0.4, -0.2) is 61.4 Å². The van der Waals surface area contributed by atoms with Gasteiger partial charge in [-0.15, -0.1) is 0 Å². The summed E-state index contributed by atoms with van der Waals surface area (Å²) in [6.07, 6.45) is 0.721. The van der Waals surface area contributed by atoms with Crippen LogP contribution in [-0.2, 0) is 13.1 Å². The Morgan fingerprint density at radius 2 is 1.64 bits per heavy atom. The number of benzene rings is 2. The number of halogens is 1. The van der Waals surface area contributed by atoms with Crippen molar-refractivity contribution in [2.24, 2.45) is 0 Å². The molecule has 152 valence electrons. The Labute approximate surface area is 166 Å². The van der Waals surface area contributed by atoms with E-state index in [1.807, 2.05) is 30.3 Å². The fourth-order valence-electron chi connectivity index (χ4n) is 3.77. The molecule has 0 unspecified atom stereocenters. The van der Waals surface area contributed by atoms with Crippen LogP contribution in [0.15, 0.2) is 42.5 Å². The molecule has 0 saturated carbocycles. The highest BCUT2D eigenvalue weighted by Crippen LogP contribution is 2.25. The predicted octanol–water partition coefficient (Wildman–Crippen LogP) is 2.91. The van der Waals surface area contributed by atoms with E-state index < -0.39 is 0 Å². The lowest BCUT2D eigenvalue weighted by Crippen LogP contribution is -2.52. The van der Waals surface area contributed by atoms with E-state index in [1.165, 1.54) is 12.1 Å². The molecule has 5 nitrogen and oxygen atoms in total. The minimum absolute atomic E-state index is 0.158. The first kappa shape index (κ1) is 20.6. The fraction of sp³-hybridized carbons (Fsp3) is 0.455. The van der Waals surface area contributed by atoms with E-state index in [4.69, 9.17) is 9.47 Å². The largest absolute Gasteiger partial charge is 0.497 e. The van der Waals surface area contributed by atoms with Crippen LogP contribution in [0.5, 0.6) is 11.5 Å². The summed E-state index contributed by atoms with van der Waals surface area (Å²) in [4.78, 5) is 4.78. The van der Waals surface area contributed by atoms with Crippen molar-refractivity contribution in [1.82, 2.24) is 9.80 Å². The van der Waals surface area contributed by atoms with E-state index >= 15 is 0 Å². The number of hydrogen-bond donors (Lipinski definition) is 1. The molecule has 1 aliphatic heterocycles. The summed E-state index contributed by atoms with van der Waals surface area (Å²) < 4.78 is 23.9. The third kappa shape index (κ3) is 5.44. The van der Waals surface area contributed by atoms with E-state index in [9.17, 15) is 9.50 Å². The second-order valence-electron chi connectivity index (χ2n) is 7.22. The van der Waals surface area contributed by atoms with E-state index in [-0.39, 0.29) is 18.5 Å². The molecule has 2 aromatic rings. The highest BCUT2D eigenvalue weighted by atomic mass is 19.1. The van der Waals surface area contributed by atoms with Gasteiger partial charge in [-0.2, -0.15) is 0 Å². The highest BCUT2D eigenvalue weighted by Gasteiger charge is 2.26. The molecular formula is C22H29FN2O3. The van der Waals surface area contributed by atoms with Crippen LogP contribution in [0, 0.1) is 5.82 Å². The second kappa shape index (κ2) is 9.87. The monoisotopic (exact) mass is 388 g/mol. The van der Waals surface area contributed by atoms with Gasteiger partial charge in [0, 0.05) is 51.4 Å². The van der Waals surface area contributed by atoms with Crippen molar-refractivity contribution in [3.05, 3.63) is 59.4 Å². The van der Waals surface area contributed by atoms with Crippen LogP contribution >= 0.6 is 0 Å². The number of methoxy groups -OCH3 is 2. The average Bonchev–Trinajstić information content (AvgIpc) is 2.71. The Kier molecular flexibility index (Phi) is 7.25. The van der Waals surface area contributed by atoms with Crippen LogP contribution in [0.1, 0.15) is 17.5 Å². The average molecular weight is 388 g/mol. The molecule has 0 spiro atoms. The lowest BCUT2D eigenvalue weighted by molar-refractivity contribution is 0.0499. The van der Waals surface area contributed by atoms with E-state index in [0.717, 1.165) is 61.8 Å². The first-order valence-corrected chi connectivity index (χ1v) is 9.65. The molecule has 0 aromatic heterocycles. The fourth-order valence-corrected chi connectivity index (χ4v) is 3.77. The first-order valence-electron chi connectivity index (χ1n) is 9.65. The topological polar surface area (TPSA) is 45.2 Å². The summed E-state index contributed by atoms with van der Waals surface area (Å²) >= 11 is 0. The third-order valence-electron chi connectivity index (χ3n) is 5.27. The molecule has 0 aliphatic carbocycles. The summed E-state index contributed by atoms with van der Waals surface area (Å²) in [5.74, 6) is 1.36. The minimum Gasteiger partial charge on any atom is -0.497 e. The van der Waals surface area contributed by atoms with Gasteiger partial charge in [-0.05, 0) is 41.8 Å². The highest BCUT2D eigenvalue weighted by molar-refractivity contribution is 5.38. The normalized spacial score (nSPS) is 18.2. The van der Waals surface area contributed by atoms with Gasteiger partial charge in [-0.25, -0.2) is 4.39 Å².